The van der Waals surface area contributed by atoms with E-state index in [-0.39, 0.29) is 23.6 Å². The van der Waals surface area contributed by atoms with Crippen LogP contribution in [0.2, 0.25) is 0 Å². The van der Waals surface area contributed by atoms with Crippen LogP contribution in [0.25, 0.3) is 11.4 Å². The molecule has 0 bridgehead atoms. The van der Waals surface area contributed by atoms with Gasteiger partial charge in [-0.25, -0.2) is 8.42 Å². The lowest BCUT2D eigenvalue weighted by Crippen LogP contribution is -2.37. The van der Waals surface area contributed by atoms with Gasteiger partial charge in [0.1, 0.15) is 0 Å². The van der Waals surface area contributed by atoms with Gasteiger partial charge in [0.15, 0.2) is 0 Å². The van der Waals surface area contributed by atoms with Crippen molar-refractivity contribution in [3.8, 4) is 11.4 Å². The predicted octanol–water partition coefficient (Wildman–Crippen LogP) is 2.17. The second-order valence-electron chi connectivity index (χ2n) is 6.52. The van der Waals surface area contributed by atoms with Crippen LogP contribution in [0.4, 0.5) is 0 Å². The summed E-state index contributed by atoms with van der Waals surface area (Å²) in [7, 11) is -3.49. The molecular weight excluding hydrogens is 358 g/mol. The van der Waals surface area contributed by atoms with Crippen molar-refractivity contribution in [1.82, 2.24) is 14.4 Å². The number of carboxylic acids is 1. The molecule has 0 atom stereocenters. The molecule has 0 unspecified atom stereocenters. The van der Waals surface area contributed by atoms with E-state index in [1.165, 1.54) is 16.4 Å². The highest BCUT2D eigenvalue weighted by Crippen LogP contribution is 2.25. The molecule has 0 saturated carbocycles. The fourth-order valence-corrected chi connectivity index (χ4v) is 4.31. The molecule has 1 aromatic carbocycles. The first kappa shape index (κ1) is 18.5. The van der Waals surface area contributed by atoms with Crippen LogP contribution in [-0.2, 0) is 21.2 Å². The highest BCUT2D eigenvalue weighted by atomic mass is 32.2. The zero-order valence-electron chi connectivity index (χ0n) is 14.5. The smallest absolute Gasteiger partial charge is 0.303 e. The Hall–Kier alpha value is -2.26. The van der Waals surface area contributed by atoms with E-state index in [0.717, 1.165) is 12.8 Å². The third-order valence-electron chi connectivity index (χ3n) is 4.51. The molecule has 1 saturated heterocycles. The average molecular weight is 379 g/mol. The minimum Gasteiger partial charge on any atom is -0.481 e. The van der Waals surface area contributed by atoms with Crippen LogP contribution < -0.4 is 0 Å². The Bertz CT molecular complexity index is 868. The summed E-state index contributed by atoms with van der Waals surface area (Å²) >= 11 is 0. The van der Waals surface area contributed by atoms with Gasteiger partial charge >= 0.3 is 5.97 Å². The summed E-state index contributed by atoms with van der Waals surface area (Å²) in [5.41, 5.74) is 0.613. The summed E-state index contributed by atoms with van der Waals surface area (Å²) < 4.78 is 32.0. The molecule has 1 aliphatic heterocycles. The van der Waals surface area contributed by atoms with Crippen LogP contribution in [0.1, 0.15) is 32.1 Å². The van der Waals surface area contributed by atoms with Gasteiger partial charge in [-0.15, -0.1) is 0 Å². The second-order valence-corrected chi connectivity index (χ2v) is 8.45. The van der Waals surface area contributed by atoms with Gasteiger partial charge < -0.3 is 9.63 Å². The summed E-state index contributed by atoms with van der Waals surface area (Å²) in [6, 6.07) is 6.34. The first-order valence-electron chi connectivity index (χ1n) is 8.51. The second kappa shape index (κ2) is 7.55. The number of hydrogen-bond donors (Lipinski definition) is 1. The van der Waals surface area contributed by atoms with Crippen molar-refractivity contribution in [2.24, 2.45) is 5.92 Å². The van der Waals surface area contributed by atoms with E-state index >= 15 is 0 Å². The molecule has 0 aliphatic carbocycles. The molecule has 2 heterocycles. The maximum atomic E-state index is 12.7. The fraction of sp³-hybridized carbons (Fsp3) is 0.471. The van der Waals surface area contributed by atoms with E-state index in [0.29, 0.717) is 30.4 Å². The van der Waals surface area contributed by atoms with Crippen molar-refractivity contribution >= 4 is 16.0 Å². The maximum absolute atomic E-state index is 12.7. The molecule has 0 spiro atoms. The van der Waals surface area contributed by atoms with Crippen LogP contribution in [-0.4, -0.2) is 47.0 Å². The van der Waals surface area contributed by atoms with Gasteiger partial charge in [-0.2, -0.15) is 9.29 Å². The summed E-state index contributed by atoms with van der Waals surface area (Å²) in [5, 5.41) is 12.5. The van der Waals surface area contributed by atoms with Gasteiger partial charge in [0, 0.05) is 25.1 Å². The quantitative estimate of drug-likeness (QED) is 0.818. The van der Waals surface area contributed by atoms with Crippen LogP contribution in [0.5, 0.6) is 0 Å². The highest BCUT2D eigenvalue weighted by Gasteiger charge is 2.28. The summed E-state index contributed by atoms with van der Waals surface area (Å²) in [6.45, 7) is 3.22. The Balaban J connectivity index is 1.73. The van der Waals surface area contributed by atoms with Crippen LogP contribution in [0, 0.1) is 5.92 Å². The number of aryl methyl sites for hydroxylation is 1. The van der Waals surface area contributed by atoms with Gasteiger partial charge in [-0.05, 0) is 43.0 Å². The molecule has 0 radical (unpaired) electrons. The molecular formula is C17H21N3O5S. The summed E-state index contributed by atoms with van der Waals surface area (Å²) in [4.78, 5) is 15.0. The molecule has 2 aromatic rings. The van der Waals surface area contributed by atoms with Gasteiger partial charge in [-0.1, -0.05) is 12.1 Å². The number of nitrogens with zero attached hydrogens (tertiary/aromatic N) is 3. The van der Waals surface area contributed by atoms with Gasteiger partial charge in [0.25, 0.3) is 0 Å². The number of rotatable bonds is 6. The Labute approximate surface area is 151 Å². The fourth-order valence-electron chi connectivity index (χ4n) is 2.84. The molecule has 3 rings (SSSR count). The molecule has 26 heavy (non-hydrogen) atoms. The Morgan fingerprint density at radius 1 is 1.27 bits per heavy atom. The number of benzene rings is 1. The Morgan fingerprint density at radius 3 is 2.54 bits per heavy atom. The van der Waals surface area contributed by atoms with E-state index in [2.05, 4.69) is 17.1 Å². The lowest BCUT2D eigenvalue weighted by Gasteiger charge is -2.29. The van der Waals surface area contributed by atoms with Gasteiger partial charge in [0.05, 0.1) is 11.3 Å². The predicted molar refractivity (Wildman–Crippen MR) is 92.8 cm³/mol. The van der Waals surface area contributed by atoms with Crippen molar-refractivity contribution in [3.63, 3.8) is 0 Å². The lowest BCUT2D eigenvalue weighted by molar-refractivity contribution is -0.137. The number of sulfonamides is 1. The number of carbonyl (C=O) groups is 1. The Kier molecular flexibility index (Phi) is 5.38. The van der Waals surface area contributed by atoms with E-state index in [4.69, 9.17) is 9.63 Å². The normalized spacial score (nSPS) is 16.7. The topological polar surface area (TPSA) is 114 Å². The van der Waals surface area contributed by atoms with Crippen molar-refractivity contribution < 1.29 is 22.8 Å². The molecule has 0 amide bonds. The zero-order valence-corrected chi connectivity index (χ0v) is 15.3. The molecule has 1 aromatic heterocycles. The maximum Gasteiger partial charge on any atom is 0.303 e. The first-order valence-corrected chi connectivity index (χ1v) is 9.95. The van der Waals surface area contributed by atoms with Gasteiger partial charge in [-0.3, -0.25) is 4.79 Å². The van der Waals surface area contributed by atoms with Crippen LogP contribution in [0.15, 0.2) is 33.7 Å². The highest BCUT2D eigenvalue weighted by molar-refractivity contribution is 7.89. The third-order valence-corrected chi connectivity index (χ3v) is 6.43. The van der Waals surface area contributed by atoms with Crippen molar-refractivity contribution in [2.75, 3.05) is 13.1 Å². The first-order chi connectivity index (χ1) is 12.4. The van der Waals surface area contributed by atoms with E-state index in [1.54, 1.807) is 12.1 Å². The number of aromatic nitrogens is 2. The minimum atomic E-state index is -3.49. The molecule has 1 N–H and O–H groups in total. The summed E-state index contributed by atoms with van der Waals surface area (Å²) in [5.74, 6) is 0.159. The van der Waals surface area contributed by atoms with E-state index in [9.17, 15) is 13.2 Å². The number of hydrogen-bond acceptors (Lipinski definition) is 6. The monoisotopic (exact) mass is 379 g/mol. The molecule has 1 aliphatic rings. The van der Waals surface area contributed by atoms with Crippen molar-refractivity contribution in [1.29, 1.82) is 0 Å². The van der Waals surface area contributed by atoms with E-state index in [1.807, 2.05) is 0 Å². The third kappa shape index (κ3) is 4.10. The average Bonchev–Trinajstić information content (AvgIpc) is 3.09. The van der Waals surface area contributed by atoms with Crippen LogP contribution >= 0.6 is 0 Å². The molecule has 140 valence electrons. The number of aliphatic carboxylic acids is 1. The molecule has 9 heteroatoms. The van der Waals surface area contributed by atoms with Crippen LogP contribution in [0.3, 0.4) is 0 Å². The largest absolute Gasteiger partial charge is 0.481 e. The Morgan fingerprint density at radius 2 is 1.92 bits per heavy atom. The minimum absolute atomic E-state index is 0.0900. The van der Waals surface area contributed by atoms with Crippen molar-refractivity contribution in [3.05, 3.63) is 30.2 Å². The summed E-state index contributed by atoms with van der Waals surface area (Å²) in [6.07, 6.45) is 1.81. The molecule has 1 fully saturated rings. The standard InChI is InChI=1S/C17H21N3O5S/c1-12-8-10-20(11-9-12)26(23,24)14-4-2-13(3-5-14)17-18-15(25-19-17)6-7-16(21)22/h2-5,12H,6-11H2,1H3,(H,21,22). The number of piperidine rings is 1. The van der Waals surface area contributed by atoms with Gasteiger partial charge in [0.2, 0.25) is 21.7 Å². The lowest BCUT2D eigenvalue weighted by atomic mass is 10.0. The zero-order chi connectivity index (χ0) is 18.7. The number of carboxylic acid groups (broad SMARTS) is 1. The van der Waals surface area contributed by atoms with E-state index < -0.39 is 16.0 Å². The van der Waals surface area contributed by atoms with Crippen molar-refractivity contribution in [2.45, 2.75) is 37.5 Å². The SMILES string of the molecule is CC1CCN(S(=O)(=O)c2ccc(-c3noc(CCC(=O)O)n3)cc2)CC1. The molecule has 8 nitrogen and oxygen atoms in total.